The lowest BCUT2D eigenvalue weighted by molar-refractivity contribution is -0.156. The normalized spacial score (nSPS) is 11.8. The molecule has 0 saturated carbocycles. The maximum Gasteiger partial charge on any atom is 0.335 e. The van der Waals surface area contributed by atoms with Crippen molar-refractivity contribution in [3.8, 4) is 23.0 Å². The number of aromatic nitrogens is 1. The van der Waals surface area contributed by atoms with E-state index in [0.717, 1.165) is 33.7 Å². The van der Waals surface area contributed by atoms with Gasteiger partial charge in [0.25, 0.3) is 0 Å². The van der Waals surface area contributed by atoms with Gasteiger partial charge in [-0.3, -0.25) is 0 Å². The molecule has 4 rings (SSSR count). The Hall–Kier alpha value is -3.84. The van der Waals surface area contributed by atoms with Crippen molar-refractivity contribution in [2.45, 2.75) is 32.8 Å². The molecule has 7 nitrogen and oxygen atoms in total. The van der Waals surface area contributed by atoms with Crippen molar-refractivity contribution in [1.82, 2.24) is 4.98 Å². The monoisotopic (exact) mass is 489 g/mol. The van der Waals surface area contributed by atoms with Crippen molar-refractivity contribution in [3.63, 3.8) is 0 Å². The first kappa shape index (κ1) is 25.3. The Bertz CT molecular complexity index is 1220. The van der Waals surface area contributed by atoms with E-state index >= 15 is 0 Å². The molecule has 0 aliphatic carbocycles. The van der Waals surface area contributed by atoms with Crippen LogP contribution < -0.4 is 9.47 Å². The number of rotatable bonds is 13. The Kier molecular flexibility index (Phi) is 8.94. The molecule has 36 heavy (non-hydrogen) atoms. The molecular formula is C29H31NO6. The second-order valence-corrected chi connectivity index (χ2v) is 8.08. The van der Waals surface area contributed by atoms with E-state index in [9.17, 15) is 4.79 Å². The van der Waals surface area contributed by atoms with Crippen LogP contribution in [0.25, 0.3) is 22.6 Å². The predicted octanol–water partition coefficient (Wildman–Crippen LogP) is 5.85. The molecule has 0 unspecified atom stereocenters. The zero-order valence-corrected chi connectivity index (χ0v) is 20.6. The van der Waals surface area contributed by atoms with Gasteiger partial charge < -0.3 is 23.4 Å². The van der Waals surface area contributed by atoms with Crippen molar-refractivity contribution in [3.05, 3.63) is 78.4 Å². The molecule has 0 bridgehead atoms. The Morgan fingerprint density at radius 1 is 0.889 bits per heavy atom. The van der Waals surface area contributed by atoms with Gasteiger partial charge in [0.15, 0.2) is 11.7 Å². The van der Waals surface area contributed by atoms with Crippen LogP contribution in [0.3, 0.4) is 0 Å². The van der Waals surface area contributed by atoms with Gasteiger partial charge >= 0.3 is 5.97 Å². The Balaban J connectivity index is 1.25. The molecule has 0 aliphatic rings. The first-order valence-electron chi connectivity index (χ1n) is 12.3. The van der Waals surface area contributed by atoms with Crippen molar-refractivity contribution in [2.75, 3.05) is 26.4 Å². The van der Waals surface area contributed by atoms with Crippen molar-refractivity contribution < 1.29 is 28.2 Å². The van der Waals surface area contributed by atoms with E-state index in [2.05, 4.69) is 4.98 Å². The van der Waals surface area contributed by atoms with E-state index in [1.165, 1.54) is 0 Å². The van der Waals surface area contributed by atoms with Crippen LogP contribution in [0.1, 0.15) is 25.8 Å². The minimum atomic E-state index is -0.600. The molecule has 0 spiro atoms. The Morgan fingerprint density at radius 3 is 2.42 bits per heavy atom. The molecule has 3 aromatic carbocycles. The van der Waals surface area contributed by atoms with Crippen LogP contribution >= 0.6 is 0 Å². The van der Waals surface area contributed by atoms with Crippen molar-refractivity contribution in [2.24, 2.45) is 0 Å². The molecule has 0 aliphatic heterocycles. The summed E-state index contributed by atoms with van der Waals surface area (Å²) in [6, 6.07) is 23.1. The third-order valence-electron chi connectivity index (χ3n) is 5.49. The number of esters is 1. The van der Waals surface area contributed by atoms with E-state index in [1.807, 2.05) is 79.7 Å². The SMILES string of the molecule is CCOC(=O)[C@H](Cc1ccc(OCCCOc2ccccc2-c2nc3ccccc3o2)cc1)OCC. The maximum absolute atomic E-state index is 12.1. The molecule has 4 aromatic rings. The van der Waals surface area contributed by atoms with Gasteiger partial charge in [0.2, 0.25) is 5.89 Å². The molecular weight excluding hydrogens is 458 g/mol. The second-order valence-electron chi connectivity index (χ2n) is 8.08. The minimum Gasteiger partial charge on any atom is -0.493 e. The predicted molar refractivity (Wildman–Crippen MR) is 137 cm³/mol. The van der Waals surface area contributed by atoms with Gasteiger partial charge in [-0.2, -0.15) is 0 Å². The fourth-order valence-corrected chi connectivity index (χ4v) is 3.77. The highest BCUT2D eigenvalue weighted by Crippen LogP contribution is 2.31. The third-order valence-corrected chi connectivity index (χ3v) is 5.49. The lowest BCUT2D eigenvalue weighted by atomic mass is 10.1. The van der Waals surface area contributed by atoms with E-state index in [0.29, 0.717) is 45.2 Å². The Morgan fingerprint density at radius 2 is 1.64 bits per heavy atom. The highest BCUT2D eigenvalue weighted by Gasteiger charge is 2.20. The van der Waals surface area contributed by atoms with Gasteiger partial charge in [0.1, 0.15) is 17.0 Å². The van der Waals surface area contributed by atoms with E-state index in [-0.39, 0.29) is 5.97 Å². The highest BCUT2D eigenvalue weighted by molar-refractivity contribution is 5.77. The number of carbonyl (C=O) groups is 1. The van der Waals surface area contributed by atoms with Crippen LogP contribution in [0.4, 0.5) is 0 Å². The molecule has 0 amide bonds. The lowest BCUT2D eigenvalue weighted by Gasteiger charge is -2.16. The zero-order chi connectivity index (χ0) is 25.2. The fourth-order valence-electron chi connectivity index (χ4n) is 3.77. The first-order valence-corrected chi connectivity index (χ1v) is 12.3. The standard InChI is InChI=1S/C29H31NO6/c1-3-32-27(29(31)33-4-2)20-21-14-16-22(17-15-21)34-18-9-19-35-25-12-7-5-10-23(25)28-30-24-11-6-8-13-26(24)36-28/h5-8,10-17,27H,3-4,9,18-20H2,1-2H3/t27-/m0/s1. The number of para-hydroxylation sites is 3. The van der Waals surface area contributed by atoms with Crippen LogP contribution in [0.5, 0.6) is 11.5 Å². The molecule has 1 aromatic heterocycles. The largest absolute Gasteiger partial charge is 0.493 e. The van der Waals surface area contributed by atoms with Gasteiger partial charge in [-0.1, -0.05) is 36.4 Å². The average Bonchev–Trinajstić information content (AvgIpc) is 3.34. The van der Waals surface area contributed by atoms with Crippen LogP contribution in [0, 0.1) is 0 Å². The molecule has 1 heterocycles. The van der Waals surface area contributed by atoms with Crippen LogP contribution in [-0.4, -0.2) is 43.5 Å². The second kappa shape index (κ2) is 12.7. The molecule has 188 valence electrons. The molecule has 1 atom stereocenters. The molecule has 0 saturated heterocycles. The summed E-state index contributed by atoms with van der Waals surface area (Å²) in [4.78, 5) is 16.6. The molecule has 7 heteroatoms. The highest BCUT2D eigenvalue weighted by atomic mass is 16.6. The first-order chi connectivity index (χ1) is 17.7. The molecule has 0 N–H and O–H groups in total. The number of nitrogens with zero attached hydrogens (tertiary/aromatic N) is 1. The summed E-state index contributed by atoms with van der Waals surface area (Å²) in [5.74, 6) is 1.68. The summed E-state index contributed by atoms with van der Waals surface area (Å²) in [5.41, 5.74) is 3.36. The topological polar surface area (TPSA) is 80.0 Å². The summed E-state index contributed by atoms with van der Waals surface area (Å²) in [6.45, 7) is 5.43. The lowest BCUT2D eigenvalue weighted by Crippen LogP contribution is -2.28. The molecule has 0 radical (unpaired) electrons. The van der Waals surface area contributed by atoms with E-state index < -0.39 is 6.10 Å². The fraction of sp³-hybridized carbons (Fsp3) is 0.310. The van der Waals surface area contributed by atoms with Crippen LogP contribution in [0.15, 0.2) is 77.2 Å². The van der Waals surface area contributed by atoms with Gasteiger partial charge in [-0.05, 0) is 55.8 Å². The van der Waals surface area contributed by atoms with Crippen molar-refractivity contribution in [1.29, 1.82) is 0 Å². The minimum absolute atomic E-state index is 0.335. The molecule has 0 fully saturated rings. The van der Waals surface area contributed by atoms with Crippen LogP contribution in [0.2, 0.25) is 0 Å². The summed E-state index contributed by atoms with van der Waals surface area (Å²) >= 11 is 0. The smallest absolute Gasteiger partial charge is 0.335 e. The third kappa shape index (κ3) is 6.64. The van der Waals surface area contributed by atoms with E-state index in [1.54, 1.807) is 6.92 Å². The van der Waals surface area contributed by atoms with Crippen LogP contribution in [-0.2, 0) is 20.7 Å². The number of hydrogen-bond donors (Lipinski definition) is 0. The maximum atomic E-state index is 12.1. The van der Waals surface area contributed by atoms with Gasteiger partial charge in [-0.15, -0.1) is 0 Å². The Labute approximate surface area is 211 Å². The number of ether oxygens (including phenoxy) is 4. The summed E-state index contributed by atoms with van der Waals surface area (Å²) in [7, 11) is 0. The quantitative estimate of drug-likeness (QED) is 0.172. The number of oxazole rings is 1. The summed E-state index contributed by atoms with van der Waals surface area (Å²) < 4.78 is 28.4. The number of hydrogen-bond acceptors (Lipinski definition) is 7. The summed E-state index contributed by atoms with van der Waals surface area (Å²) in [5, 5.41) is 0. The zero-order valence-electron chi connectivity index (χ0n) is 20.6. The van der Waals surface area contributed by atoms with Gasteiger partial charge in [0, 0.05) is 19.4 Å². The number of carbonyl (C=O) groups excluding carboxylic acids is 1. The average molecular weight is 490 g/mol. The van der Waals surface area contributed by atoms with Gasteiger partial charge in [-0.25, -0.2) is 9.78 Å². The summed E-state index contributed by atoms with van der Waals surface area (Å²) in [6.07, 6.45) is 0.565. The number of fused-ring (bicyclic) bond motifs is 1. The number of benzene rings is 3. The van der Waals surface area contributed by atoms with Gasteiger partial charge in [0.05, 0.1) is 25.4 Å². The van der Waals surface area contributed by atoms with Crippen molar-refractivity contribution >= 4 is 17.1 Å². The van der Waals surface area contributed by atoms with E-state index in [4.69, 9.17) is 23.4 Å².